The van der Waals surface area contributed by atoms with Crippen molar-refractivity contribution in [1.29, 1.82) is 0 Å². The standard InChI is InChI=1S/C19H25N5O3S/c1-3-22(4-2)11-12-24-17(26)14-7-5-6-8-15(14)21-19(24)28-13-16(25)23-10-9-20-18(23)27/h5-8H,3-4,9-13H2,1-2H3,(H,20,27)/p+1. The molecule has 2 heterocycles. The van der Waals surface area contributed by atoms with E-state index in [1.54, 1.807) is 16.7 Å². The van der Waals surface area contributed by atoms with E-state index in [0.29, 0.717) is 35.7 Å². The molecule has 0 unspecified atom stereocenters. The molecule has 8 nitrogen and oxygen atoms in total. The zero-order valence-corrected chi connectivity index (χ0v) is 17.1. The summed E-state index contributed by atoms with van der Waals surface area (Å²) in [7, 11) is 0. The molecule has 0 radical (unpaired) electrons. The SMILES string of the molecule is CC[NH+](CC)CCn1c(SCC(=O)N2CCNC2=O)nc2ccccc2c1=O. The van der Waals surface area contributed by atoms with Crippen molar-refractivity contribution in [1.82, 2.24) is 19.8 Å². The molecule has 1 aromatic carbocycles. The molecule has 1 aliphatic rings. The zero-order chi connectivity index (χ0) is 20.1. The van der Waals surface area contributed by atoms with Crippen molar-refractivity contribution >= 4 is 34.6 Å². The highest BCUT2D eigenvalue weighted by Crippen LogP contribution is 2.18. The van der Waals surface area contributed by atoms with E-state index in [0.717, 1.165) is 19.6 Å². The smallest absolute Gasteiger partial charge is 0.324 e. The van der Waals surface area contributed by atoms with Crippen LogP contribution >= 0.6 is 11.8 Å². The van der Waals surface area contributed by atoms with Gasteiger partial charge in [-0.2, -0.15) is 0 Å². The number of likely N-dealkylation sites (N-methyl/N-ethyl adjacent to an activating group) is 1. The number of aromatic nitrogens is 2. The predicted molar refractivity (Wildman–Crippen MR) is 109 cm³/mol. The van der Waals surface area contributed by atoms with Gasteiger partial charge in [0.1, 0.15) is 0 Å². The number of para-hydroxylation sites is 1. The molecule has 2 aromatic rings. The molecule has 0 atom stereocenters. The Bertz CT molecular complexity index is 925. The number of carbonyl (C=O) groups is 2. The van der Waals surface area contributed by atoms with Crippen LogP contribution in [-0.4, -0.2) is 64.9 Å². The minimum Gasteiger partial charge on any atom is -0.336 e. The van der Waals surface area contributed by atoms with Crippen molar-refractivity contribution in [3.8, 4) is 0 Å². The molecule has 1 aromatic heterocycles. The van der Waals surface area contributed by atoms with E-state index in [-0.39, 0.29) is 23.3 Å². The Kier molecular flexibility index (Phi) is 6.69. The maximum absolute atomic E-state index is 13.0. The number of nitrogens with one attached hydrogen (secondary N) is 2. The van der Waals surface area contributed by atoms with Crippen LogP contribution in [0.3, 0.4) is 0 Å². The lowest BCUT2D eigenvalue weighted by Gasteiger charge is -2.18. The van der Waals surface area contributed by atoms with Crippen molar-refractivity contribution in [3.63, 3.8) is 0 Å². The molecule has 0 spiro atoms. The Morgan fingerprint density at radius 3 is 2.68 bits per heavy atom. The second-order valence-corrected chi connectivity index (χ2v) is 7.58. The largest absolute Gasteiger partial charge is 0.336 e. The van der Waals surface area contributed by atoms with Crippen molar-refractivity contribution in [2.45, 2.75) is 25.5 Å². The van der Waals surface area contributed by atoms with Gasteiger partial charge in [-0.25, -0.2) is 9.78 Å². The van der Waals surface area contributed by atoms with Crippen LogP contribution < -0.4 is 15.8 Å². The number of nitrogens with zero attached hydrogens (tertiary/aromatic N) is 3. The molecule has 28 heavy (non-hydrogen) atoms. The van der Waals surface area contributed by atoms with Crippen LogP contribution in [0.15, 0.2) is 34.2 Å². The van der Waals surface area contributed by atoms with E-state index in [2.05, 4.69) is 24.1 Å². The van der Waals surface area contributed by atoms with Gasteiger partial charge in [0.15, 0.2) is 5.16 Å². The van der Waals surface area contributed by atoms with E-state index >= 15 is 0 Å². The predicted octanol–water partition coefficient (Wildman–Crippen LogP) is -0.0349. The number of hydrogen-bond donors (Lipinski definition) is 2. The average molecular weight is 405 g/mol. The second kappa shape index (κ2) is 9.20. The van der Waals surface area contributed by atoms with Crippen LogP contribution in [0.25, 0.3) is 10.9 Å². The molecule has 2 N–H and O–H groups in total. The van der Waals surface area contributed by atoms with E-state index in [1.165, 1.54) is 21.6 Å². The number of benzene rings is 1. The first-order valence-electron chi connectivity index (χ1n) is 9.59. The molecule has 1 aliphatic heterocycles. The molecule has 0 saturated carbocycles. The third-order valence-corrected chi connectivity index (χ3v) is 5.96. The second-order valence-electron chi connectivity index (χ2n) is 6.64. The van der Waals surface area contributed by atoms with E-state index < -0.39 is 0 Å². The van der Waals surface area contributed by atoms with Gasteiger partial charge in [-0.05, 0) is 26.0 Å². The summed E-state index contributed by atoms with van der Waals surface area (Å²) >= 11 is 1.21. The van der Waals surface area contributed by atoms with Crippen molar-refractivity contribution < 1.29 is 14.5 Å². The Labute approximate surface area is 167 Å². The van der Waals surface area contributed by atoms with Crippen molar-refractivity contribution in [3.05, 3.63) is 34.6 Å². The third-order valence-electron chi connectivity index (χ3n) is 5.00. The maximum atomic E-state index is 13.0. The normalized spacial score (nSPS) is 14.1. The molecule has 1 fully saturated rings. The number of urea groups is 1. The molecule has 3 amide bonds. The molecule has 150 valence electrons. The molecule has 9 heteroatoms. The van der Waals surface area contributed by atoms with Crippen LogP contribution in [0.2, 0.25) is 0 Å². The van der Waals surface area contributed by atoms with E-state index in [1.807, 2.05) is 12.1 Å². The number of amides is 3. The third kappa shape index (κ3) is 4.36. The van der Waals surface area contributed by atoms with Gasteiger partial charge >= 0.3 is 6.03 Å². The summed E-state index contributed by atoms with van der Waals surface area (Å²) in [4.78, 5) is 44.3. The first kappa shape index (κ1) is 20.3. The summed E-state index contributed by atoms with van der Waals surface area (Å²) in [6.07, 6.45) is 0. The van der Waals surface area contributed by atoms with Crippen molar-refractivity contribution in [2.24, 2.45) is 0 Å². The Morgan fingerprint density at radius 1 is 1.25 bits per heavy atom. The van der Waals surface area contributed by atoms with Gasteiger partial charge < -0.3 is 10.2 Å². The minimum atomic E-state index is -0.361. The van der Waals surface area contributed by atoms with E-state index in [4.69, 9.17) is 0 Å². The monoisotopic (exact) mass is 404 g/mol. The molecule has 0 bridgehead atoms. The van der Waals surface area contributed by atoms with Crippen LogP contribution in [-0.2, 0) is 11.3 Å². The van der Waals surface area contributed by atoms with Gasteiger partial charge in [0.05, 0.1) is 42.8 Å². The lowest BCUT2D eigenvalue weighted by molar-refractivity contribution is -0.897. The quantitative estimate of drug-likeness (QED) is 0.476. The first-order valence-corrected chi connectivity index (χ1v) is 10.6. The van der Waals surface area contributed by atoms with Gasteiger partial charge in [0, 0.05) is 13.1 Å². The van der Waals surface area contributed by atoms with Crippen molar-refractivity contribution in [2.75, 3.05) is 38.5 Å². The Hall–Kier alpha value is -2.39. The highest BCUT2D eigenvalue weighted by molar-refractivity contribution is 7.99. The van der Waals surface area contributed by atoms with Gasteiger partial charge in [0.2, 0.25) is 5.91 Å². The fraction of sp³-hybridized carbons (Fsp3) is 0.474. The summed E-state index contributed by atoms with van der Waals surface area (Å²) in [6, 6.07) is 6.89. The van der Waals surface area contributed by atoms with Crippen LogP contribution in [0.1, 0.15) is 13.8 Å². The number of imide groups is 1. The number of hydrogen-bond acceptors (Lipinski definition) is 5. The zero-order valence-electron chi connectivity index (χ0n) is 16.2. The minimum absolute atomic E-state index is 0.0658. The summed E-state index contributed by atoms with van der Waals surface area (Å²) in [5.41, 5.74) is 0.527. The number of thioether (sulfide) groups is 1. The summed E-state index contributed by atoms with van der Waals surface area (Å²) in [6.45, 7) is 8.40. The fourth-order valence-electron chi connectivity index (χ4n) is 3.24. The highest BCUT2D eigenvalue weighted by Gasteiger charge is 2.26. The number of rotatable bonds is 8. The number of carbonyl (C=O) groups excluding carboxylic acids is 2. The first-order chi connectivity index (χ1) is 13.5. The van der Waals surface area contributed by atoms with Gasteiger partial charge in [0.25, 0.3) is 5.56 Å². The Balaban J connectivity index is 1.86. The average Bonchev–Trinajstić information content (AvgIpc) is 3.14. The molecule has 3 rings (SSSR count). The molecular formula is C19H26N5O3S+. The van der Waals surface area contributed by atoms with E-state index in [9.17, 15) is 14.4 Å². The maximum Gasteiger partial charge on any atom is 0.324 e. The highest BCUT2D eigenvalue weighted by atomic mass is 32.2. The molecular weight excluding hydrogens is 378 g/mol. The van der Waals surface area contributed by atoms with Crippen LogP contribution in [0, 0.1) is 0 Å². The summed E-state index contributed by atoms with van der Waals surface area (Å²) in [5.74, 6) is -0.209. The van der Waals surface area contributed by atoms with Crippen LogP contribution in [0.5, 0.6) is 0 Å². The lowest BCUT2D eigenvalue weighted by Crippen LogP contribution is -3.11. The van der Waals surface area contributed by atoms with Gasteiger partial charge in [-0.15, -0.1) is 0 Å². The topological polar surface area (TPSA) is 88.7 Å². The summed E-state index contributed by atoms with van der Waals surface area (Å²) < 4.78 is 1.66. The lowest BCUT2D eigenvalue weighted by atomic mass is 10.2. The fourth-order valence-corrected chi connectivity index (χ4v) is 4.14. The summed E-state index contributed by atoms with van der Waals surface area (Å²) in [5, 5.41) is 3.71. The Morgan fingerprint density at radius 2 is 2.00 bits per heavy atom. The number of quaternary nitrogens is 1. The van der Waals surface area contributed by atoms with Gasteiger partial charge in [-0.3, -0.25) is 19.1 Å². The van der Waals surface area contributed by atoms with Gasteiger partial charge in [-0.1, -0.05) is 23.9 Å². The molecule has 0 aliphatic carbocycles. The van der Waals surface area contributed by atoms with Crippen LogP contribution in [0.4, 0.5) is 4.79 Å². The molecule has 1 saturated heterocycles. The number of fused-ring (bicyclic) bond motifs is 1.